The second-order valence-corrected chi connectivity index (χ2v) is 8.79. The number of ketones is 1. The van der Waals surface area contributed by atoms with Crippen molar-refractivity contribution in [1.82, 2.24) is 5.32 Å². The third-order valence-electron chi connectivity index (χ3n) is 5.56. The molecule has 0 aliphatic carbocycles. The van der Waals surface area contributed by atoms with Crippen molar-refractivity contribution in [2.45, 2.75) is 80.1 Å². The largest absolute Gasteiger partial charge is 0.494 e. The molecular weight excluding hydrogens is 480 g/mol. The molecule has 0 fully saturated rings. The van der Waals surface area contributed by atoms with Gasteiger partial charge in [0.25, 0.3) is 0 Å². The number of rotatable bonds is 15. The summed E-state index contributed by atoms with van der Waals surface area (Å²) < 4.78 is 15.2. The summed E-state index contributed by atoms with van der Waals surface area (Å²) in [7, 11) is 0. The maximum atomic E-state index is 13.5. The average molecular weight is 529 g/mol. The van der Waals surface area contributed by atoms with E-state index in [-0.39, 0.29) is 5.78 Å². The van der Waals surface area contributed by atoms with Crippen LogP contribution >= 0.6 is 11.9 Å². The van der Waals surface area contributed by atoms with Crippen molar-refractivity contribution in [2.24, 2.45) is 0 Å². The van der Waals surface area contributed by atoms with Gasteiger partial charge in [0.15, 0.2) is 5.78 Å². The predicted molar refractivity (Wildman–Crippen MR) is 162 cm³/mol. The van der Waals surface area contributed by atoms with Crippen LogP contribution in [-0.4, -0.2) is 31.7 Å². The smallest absolute Gasteiger partial charge is 0.197 e. The molecule has 0 unspecified atom stereocenters. The van der Waals surface area contributed by atoms with Crippen LogP contribution in [0.2, 0.25) is 0 Å². The molecular formula is C31H48N2O3S. The number of nitrogens with one attached hydrogen (secondary N) is 2. The van der Waals surface area contributed by atoms with Gasteiger partial charge in [-0.2, -0.15) is 0 Å². The minimum atomic E-state index is -0.00664. The van der Waals surface area contributed by atoms with Crippen LogP contribution in [0.4, 0.5) is 5.69 Å². The van der Waals surface area contributed by atoms with E-state index in [9.17, 15) is 4.79 Å². The molecule has 0 atom stereocenters. The number of anilines is 1. The van der Waals surface area contributed by atoms with E-state index in [1.54, 1.807) is 0 Å². The molecule has 0 saturated heterocycles. The first-order chi connectivity index (χ1) is 18.2. The zero-order valence-electron chi connectivity index (χ0n) is 24.0. The van der Waals surface area contributed by atoms with Crippen molar-refractivity contribution in [3.63, 3.8) is 0 Å². The third kappa shape index (κ3) is 10.4. The number of fused-ring (bicyclic) bond motifs is 1. The number of unbranched alkanes of at least 4 members (excludes halogenated alkanes) is 2. The van der Waals surface area contributed by atoms with Gasteiger partial charge >= 0.3 is 0 Å². The number of ether oxygens (including phenoxy) is 1. The van der Waals surface area contributed by atoms with Crippen molar-refractivity contribution >= 4 is 34.4 Å². The maximum absolute atomic E-state index is 13.5. The third-order valence-corrected chi connectivity index (χ3v) is 6.00. The van der Waals surface area contributed by atoms with Crippen LogP contribution < -0.4 is 14.8 Å². The van der Waals surface area contributed by atoms with Crippen LogP contribution in [0.5, 0.6) is 5.75 Å². The zero-order chi connectivity index (χ0) is 27.5. The summed E-state index contributed by atoms with van der Waals surface area (Å²) in [6.45, 7) is 15.0. The summed E-state index contributed by atoms with van der Waals surface area (Å²) in [6.07, 6.45) is 8.13. The number of carbonyl (C=O) groups excluding carboxylic acids is 1. The van der Waals surface area contributed by atoms with Gasteiger partial charge in [-0.15, -0.1) is 0 Å². The molecule has 0 aliphatic rings. The highest BCUT2D eigenvalue weighted by molar-refractivity contribution is 7.99. The van der Waals surface area contributed by atoms with Crippen molar-refractivity contribution in [2.75, 3.05) is 30.7 Å². The first-order valence-corrected chi connectivity index (χ1v) is 15.2. The van der Waals surface area contributed by atoms with Crippen LogP contribution in [0.1, 0.15) is 95.3 Å². The van der Waals surface area contributed by atoms with E-state index in [1.807, 2.05) is 76.4 Å². The van der Waals surface area contributed by atoms with E-state index in [2.05, 4.69) is 23.9 Å². The Morgan fingerprint density at radius 3 is 2.24 bits per heavy atom. The topological polar surface area (TPSA) is 63.5 Å². The standard InChI is InChI=1S/C27H36N2O3S.2C2H6/c1-4-6-9-25-26(23-19-21(29-33-3)12-15-24(23)32-25)27(30)20-10-13-22(14-11-20)31-18-8-17-28-16-7-5-2;2*1-2/h10-15,19,28-29H,4-9,16-18H2,1-3H3;2*1-2H3. The molecule has 0 amide bonds. The zero-order valence-corrected chi connectivity index (χ0v) is 24.9. The highest BCUT2D eigenvalue weighted by Crippen LogP contribution is 2.32. The molecule has 37 heavy (non-hydrogen) atoms. The summed E-state index contributed by atoms with van der Waals surface area (Å²) in [5, 5.41) is 4.28. The lowest BCUT2D eigenvalue weighted by Crippen LogP contribution is -2.18. The Morgan fingerprint density at radius 1 is 0.919 bits per heavy atom. The molecule has 5 nitrogen and oxygen atoms in total. The van der Waals surface area contributed by atoms with E-state index in [0.717, 1.165) is 66.9 Å². The fourth-order valence-corrected chi connectivity index (χ4v) is 4.12. The van der Waals surface area contributed by atoms with Crippen LogP contribution in [0.3, 0.4) is 0 Å². The normalized spacial score (nSPS) is 10.2. The molecule has 2 aromatic carbocycles. The Morgan fingerprint density at radius 2 is 1.59 bits per heavy atom. The number of benzene rings is 2. The summed E-state index contributed by atoms with van der Waals surface area (Å²) in [5.41, 5.74) is 3.03. The summed E-state index contributed by atoms with van der Waals surface area (Å²) in [5.74, 6) is 1.55. The van der Waals surface area contributed by atoms with Crippen LogP contribution in [0.25, 0.3) is 11.0 Å². The monoisotopic (exact) mass is 528 g/mol. The molecule has 206 valence electrons. The SMILES string of the molecule is CC.CC.CCCCNCCCOc1ccc(C(=O)c2c(CCCC)oc3ccc(NSC)cc23)cc1. The van der Waals surface area contributed by atoms with Gasteiger partial charge in [0, 0.05) is 29.3 Å². The molecule has 0 bridgehead atoms. The first kappa shape index (κ1) is 32.6. The number of aryl methyl sites for hydroxylation is 1. The number of carbonyl (C=O) groups is 1. The molecule has 6 heteroatoms. The van der Waals surface area contributed by atoms with Crippen LogP contribution in [0.15, 0.2) is 46.9 Å². The maximum Gasteiger partial charge on any atom is 0.197 e. The summed E-state index contributed by atoms with van der Waals surface area (Å²) >= 11 is 1.53. The van der Waals surface area contributed by atoms with Crippen LogP contribution in [-0.2, 0) is 6.42 Å². The average Bonchev–Trinajstić information content (AvgIpc) is 3.31. The Bertz CT molecular complexity index is 1020. The molecule has 1 aromatic heterocycles. The van der Waals surface area contributed by atoms with E-state index < -0.39 is 0 Å². The summed E-state index contributed by atoms with van der Waals surface area (Å²) in [6, 6.07) is 13.4. The first-order valence-electron chi connectivity index (χ1n) is 14.0. The molecule has 2 N–H and O–H groups in total. The number of furan rings is 1. The van der Waals surface area contributed by atoms with E-state index in [1.165, 1.54) is 24.8 Å². The predicted octanol–water partition coefficient (Wildman–Crippen LogP) is 8.91. The lowest BCUT2D eigenvalue weighted by atomic mass is 9.98. The summed E-state index contributed by atoms with van der Waals surface area (Å²) in [4.78, 5) is 13.5. The van der Waals surface area contributed by atoms with Crippen LogP contribution in [0, 0.1) is 0 Å². The van der Waals surface area contributed by atoms with Gasteiger partial charge in [-0.3, -0.25) is 4.79 Å². The fraction of sp³-hybridized carbons (Fsp3) is 0.516. The van der Waals surface area contributed by atoms with Gasteiger partial charge in [-0.1, -0.05) is 66.3 Å². The second kappa shape index (κ2) is 19.6. The van der Waals surface area contributed by atoms with Crippen molar-refractivity contribution in [1.29, 1.82) is 0 Å². The highest BCUT2D eigenvalue weighted by Gasteiger charge is 2.22. The minimum Gasteiger partial charge on any atom is -0.494 e. The Kier molecular flexibility index (Phi) is 17.3. The second-order valence-electron chi connectivity index (χ2n) is 8.18. The fourth-order valence-electron chi connectivity index (χ4n) is 3.75. The van der Waals surface area contributed by atoms with Gasteiger partial charge in [0.1, 0.15) is 17.1 Å². The van der Waals surface area contributed by atoms with Gasteiger partial charge in [-0.05, 0) is 74.8 Å². The lowest BCUT2D eigenvalue weighted by Gasteiger charge is -2.08. The van der Waals surface area contributed by atoms with Gasteiger partial charge in [0.05, 0.1) is 12.2 Å². The molecule has 3 rings (SSSR count). The lowest BCUT2D eigenvalue weighted by molar-refractivity contribution is 0.103. The van der Waals surface area contributed by atoms with E-state index in [4.69, 9.17) is 9.15 Å². The molecule has 1 heterocycles. The quantitative estimate of drug-likeness (QED) is 0.117. The van der Waals surface area contributed by atoms with Crippen molar-refractivity contribution < 1.29 is 13.9 Å². The Hall–Kier alpha value is -2.44. The highest BCUT2D eigenvalue weighted by atomic mass is 32.2. The molecule has 0 saturated carbocycles. The Labute approximate surface area is 229 Å². The van der Waals surface area contributed by atoms with Gasteiger partial charge in [0.2, 0.25) is 0 Å². The van der Waals surface area contributed by atoms with Crippen molar-refractivity contribution in [3.8, 4) is 5.75 Å². The van der Waals surface area contributed by atoms with Crippen molar-refractivity contribution in [3.05, 3.63) is 59.4 Å². The van der Waals surface area contributed by atoms with Gasteiger partial charge < -0.3 is 19.2 Å². The molecule has 3 aromatic rings. The molecule has 0 aliphatic heterocycles. The number of hydrogen-bond donors (Lipinski definition) is 2. The van der Waals surface area contributed by atoms with E-state index >= 15 is 0 Å². The molecule has 0 spiro atoms. The molecule has 0 radical (unpaired) electrons. The van der Waals surface area contributed by atoms with E-state index in [0.29, 0.717) is 17.7 Å². The minimum absolute atomic E-state index is 0.00664. The Balaban J connectivity index is 0.00000163. The number of hydrogen-bond acceptors (Lipinski definition) is 6. The van der Waals surface area contributed by atoms with Gasteiger partial charge in [-0.25, -0.2) is 0 Å².